The summed E-state index contributed by atoms with van der Waals surface area (Å²) in [7, 11) is -3.87. The van der Waals surface area contributed by atoms with Gasteiger partial charge in [-0.25, -0.2) is 8.42 Å². The van der Waals surface area contributed by atoms with Crippen molar-refractivity contribution in [2.75, 3.05) is 17.1 Å². The highest BCUT2D eigenvalue weighted by Gasteiger charge is 2.34. The molecule has 0 aliphatic rings. The molecule has 0 aromatic heterocycles. The van der Waals surface area contributed by atoms with E-state index in [0.29, 0.717) is 27.7 Å². The number of benzene rings is 3. The van der Waals surface area contributed by atoms with Crippen molar-refractivity contribution in [2.45, 2.75) is 59.2 Å². The summed E-state index contributed by atoms with van der Waals surface area (Å²) in [6.07, 6.45) is 1.97. The third-order valence-electron chi connectivity index (χ3n) is 7.19. The second kappa shape index (κ2) is 14.2. The van der Waals surface area contributed by atoms with Crippen molar-refractivity contribution in [1.29, 1.82) is 0 Å². The van der Waals surface area contributed by atoms with Gasteiger partial charge in [0.2, 0.25) is 21.8 Å². The average Bonchev–Trinajstić information content (AvgIpc) is 2.92. The molecule has 0 bridgehead atoms. The van der Waals surface area contributed by atoms with E-state index < -0.39 is 28.5 Å². The van der Waals surface area contributed by atoms with Crippen molar-refractivity contribution in [3.63, 3.8) is 0 Å². The van der Waals surface area contributed by atoms with Crippen LogP contribution in [0.4, 0.5) is 5.69 Å². The number of aryl methyl sites for hydroxylation is 1. The number of halogens is 2. The molecule has 220 valence electrons. The summed E-state index contributed by atoms with van der Waals surface area (Å²) in [5.74, 6) is -0.912. The first kappa shape index (κ1) is 32.4. The van der Waals surface area contributed by atoms with Gasteiger partial charge < -0.3 is 10.2 Å². The molecule has 0 radical (unpaired) electrons. The van der Waals surface area contributed by atoms with Gasteiger partial charge in [-0.15, -0.1) is 0 Å². The van der Waals surface area contributed by atoms with E-state index in [4.69, 9.17) is 23.2 Å². The molecule has 0 spiro atoms. The van der Waals surface area contributed by atoms with Crippen LogP contribution < -0.4 is 9.62 Å². The van der Waals surface area contributed by atoms with Crippen LogP contribution in [-0.4, -0.2) is 50.0 Å². The van der Waals surface area contributed by atoms with E-state index in [0.717, 1.165) is 27.3 Å². The number of nitrogens with zero attached hydrogens (tertiary/aromatic N) is 2. The second-order valence-electron chi connectivity index (χ2n) is 10.2. The maximum absolute atomic E-state index is 14.2. The zero-order chi connectivity index (χ0) is 30.3. The summed E-state index contributed by atoms with van der Waals surface area (Å²) in [6.45, 7) is 6.94. The van der Waals surface area contributed by atoms with Crippen LogP contribution in [0.25, 0.3) is 0 Å². The van der Waals surface area contributed by atoms with Crippen molar-refractivity contribution in [2.24, 2.45) is 0 Å². The lowest BCUT2D eigenvalue weighted by Gasteiger charge is -2.34. The first-order valence-corrected chi connectivity index (χ1v) is 16.0. The molecule has 2 amide bonds. The van der Waals surface area contributed by atoms with Crippen LogP contribution >= 0.6 is 23.2 Å². The van der Waals surface area contributed by atoms with Crippen molar-refractivity contribution in [1.82, 2.24) is 10.2 Å². The number of nitrogens with one attached hydrogen (secondary N) is 1. The van der Waals surface area contributed by atoms with Crippen LogP contribution in [0.5, 0.6) is 0 Å². The lowest BCUT2D eigenvalue weighted by Crippen LogP contribution is -2.54. The summed E-state index contributed by atoms with van der Waals surface area (Å²) >= 11 is 13.0. The average molecular weight is 619 g/mol. The molecular formula is C31H37Cl2N3O4S. The van der Waals surface area contributed by atoms with E-state index in [2.05, 4.69) is 5.32 Å². The quantitative estimate of drug-likeness (QED) is 0.273. The van der Waals surface area contributed by atoms with Gasteiger partial charge in [-0.2, -0.15) is 0 Å². The van der Waals surface area contributed by atoms with Crippen LogP contribution in [0.3, 0.4) is 0 Å². The molecule has 0 heterocycles. The smallest absolute Gasteiger partial charge is 0.244 e. The number of carbonyl (C=O) groups excluding carboxylic acids is 2. The largest absolute Gasteiger partial charge is 0.352 e. The molecule has 3 aromatic rings. The summed E-state index contributed by atoms with van der Waals surface area (Å²) in [5.41, 5.74) is 3.34. The Balaban J connectivity index is 2.13. The number of carbonyl (C=O) groups is 2. The molecule has 10 heteroatoms. The normalized spacial score (nSPS) is 12.9. The molecule has 0 saturated carbocycles. The number of rotatable bonds is 12. The van der Waals surface area contributed by atoms with Crippen LogP contribution in [0, 0.1) is 13.8 Å². The van der Waals surface area contributed by atoms with Gasteiger partial charge in [-0.3, -0.25) is 13.9 Å². The highest BCUT2D eigenvalue weighted by molar-refractivity contribution is 7.92. The Morgan fingerprint density at radius 3 is 2.12 bits per heavy atom. The van der Waals surface area contributed by atoms with Gasteiger partial charge >= 0.3 is 0 Å². The standard InChI is InChI=1S/C31H37Cl2N3O4S/c1-6-22(3)34-31(38)29(18-24-13-8-7-9-14-24)35(19-25-26(32)15-11-16-27(25)33)30(37)20-36(41(5,39)40)28-17-10-12-21(2)23(28)4/h7-17,22,29H,6,18-20H2,1-5H3,(H,34,38)/t22-,29+/m0/s1. The molecule has 0 aliphatic carbocycles. The molecule has 0 saturated heterocycles. The van der Waals surface area contributed by atoms with Gasteiger partial charge in [-0.1, -0.05) is 78.7 Å². The maximum Gasteiger partial charge on any atom is 0.244 e. The minimum Gasteiger partial charge on any atom is -0.352 e. The summed E-state index contributed by atoms with van der Waals surface area (Å²) < 4.78 is 27.2. The van der Waals surface area contributed by atoms with Crippen LogP contribution in [0.2, 0.25) is 10.0 Å². The SMILES string of the molecule is CC[C@H](C)NC(=O)[C@@H](Cc1ccccc1)N(Cc1c(Cl)cccc1Cl)C(=O)CN(c1cccc(C)c1C)S(C)(=O)=O. The topological polar surface area (TPSA) is 86.8 Å². The Morgan fingerprint density at radius 1 is 0.927 bits per heavy atom. The Kier molecular flexibility index (Phi) is 11.2. The van der Waals surface area contributed by atoms with E-state index in [1.54, 1.807) is 30.3 Å². The third-order valence-corrected chi connectivity index (χ3v) is 9.02. The van der Waals surface area contributed by atoms with E-state index in [9.17, 15) is 18.0 Å². The van der Waals surface area contributed by atoms with E-state index in [-0.39, 0.29) is 24.9 Å². The minimum absolute atomic E-state index is 0.0901. The predicted molar refractivity (Wildman–Crippen MR) is 167 cm³/mol. The van der Waals surface area contributed by atoms with Crippen LogP contribution in [0.1, 0.15) is 42.5 Å². The number of anilines is 1. The Morgan fingerprint density at radius 2 is 1.54 bits per heavy atom. The number of amides is 2. The lowest BCUT2D eigenvalue weighted by molar-refractivity contribution is -0.140. The molecule has 1 N–H and O–H groups in total. The van der Waals surface area contributed by atoms with Gasteiger partial charge in [0.1, 0.15) is 12.6 Å². The summed E-state index contributed by atoms with van der Waals surface area (Å²) in [6, 6.07) is 18.6. The molecule has 0 fully saturated rings. The van der Waals surface area contributed by atoms with Crippen LogP contribution in [0.15, 0.2) is 66.7 Å². The zero-order valence-corrected chi connectivity index (χ0v) is 26.4. The molecular weight excluding hydrogens is 581 g/mol. The number of sulfonamides is 1. The van der Waals surface area contributed by atoms with Gasteiger partial charge in [-0.05, 0) is 62.1 Å². The summed E-state index contributed by atoms with van der Waals surface area (Å²) in [5, 5.41) is 3.68. The first-order valence-electron chi connectivity index (χ1n) is 13.4. The van der Waals surface area contributed by atoms with Gasteiger partial charge in [0.25, 0.3) is 0 Å². The zero-order valence-electron chi connectivity index (χ0n) is 24.0. The molecule has 3 aromatic carbocycles. The van der Waals surface area contributed by atoms with E-state index >= 15 is 0 Å². The van der Waals surface area contributed by atoms with E-state index in [1.807, 2.05) is 64.1 Å². The minimum atomic E-state index is -3.87. The summed E-state index contributed by atoms with van der Waals surface area (Å²) in [4.78, 5) is 29.4. The lowest BCUT2D eigenvalue weighted by atomic mass is 10.0. The van der Waals surface area contributed by atoms with Crippen molar-refractivity contribution in [3.05, 3.63) is 99.0 Å². The highest BCUT2D eigenvalue weighted by atomic mass is 35.5. The fourth-order valence-electron chi connectivity index (χ4n) is 4.45. The van der Waals surface area contributed by atoms with Crippen molar-refractivity contribution < 1.29 is 18.0 Å². The monoisotopic (exact) mass is 617 g/mol. The molecule has 0 unspecified atom stereocenters. The first-order chi connectivity index (χ1) is 19.3. The molecule has 3 rings (SSSR count). The van der Waals surface area contributed by atoms with Gasteiger partial charge in [0.15, 0.2) is 0 Å². The second-order valence-corrected chi connectivity index (χ2v) is 13.0. The molecule has 0 aliphatic heterocycles. The van der Waals surface area contributed by atoms with Crippen LogP contribution in [-0.2, 0) is 32.6 Å². The van der Waals surface area contributed by atoms with Gasteiger partial charge in [0, 0.05) is 34.6 Å². The maximum atomic E-state index is 14.2. The fourth-order valence-corrected chi connectivity index (χ4v) is 5.87. The molecule has 2 atom stereocenters. The van der Waals surface area contributed by atoms with Gasteiger partial charge in [0.05, 0.1) is 11.9 Å². The number of hydrogen-bond donors (Lipinski definition) is 1. The third kappa shape index (κ3) is 8.47. The fraction of sp³-hybridized carbons (Fsp3) is 0.355. The van der Waals surface area contributed by atoms with Crippen molar-refractivity contribution >= 4 is 50.7 Å². The highest BCUT2D eigenvalue weighted by Crippen LogP contribution is 2.29. The van der Waals surface area contributed by atoms with E-state index in [1.165, 1.54) is 4.90 Å². The molecule has 41 heavy (non-hydrogen) atoms. The Hall–Kier alpha value is -3.07. The Bertz CT molecular complexity index is 1460. The predicted octanol–water partition coefficient (Wildman–Crippen LogP) is 5.93. The van der Waals surface area contributed by atoms with Crippen molar-refractivity contribution in [3.8, 4) is 0 Å². The Labute approximate surface area is 253 Å². The molecule has 7 nitrogen and oxygen atoms in total. The number of hydrogen-bond acceptors (Lipinski definition) is 4.